The Kier molecular flexibility index (Phi) is 6.65. The van der Waals surface area contributed by atoms with Crippen LogP contribution in [0, 0.1) is 5.82 Å². The highest BCUT2D eigenvalue weighted by Crippen LogP contribution is 2.40. The molecule has 1 aliphatic carbocycles. The van der Waals surface area contributed by atoms with E-state index in [0.717, 1.165) is 64.0 Å². The van der Waals surface area contributed by atoms with E-state index in [4.69, 9.17) is 4.74 Å². The Morgan fingerprint density at radius 3 is 2.73 bits per heavy atom. The number of ether oxygens (including phenoxy) is 1. The summed E-state index contributed by atoms with van der Waals surface area (Å²) in [4.78, 5) is 14.8. The number of nitrogens with one attached hydrogen (secondary N) is 1. The fourth-order valence-corrected chi connectivity index (χ4v) is 4.33. The summed E-state index contributed by atoms with van der Waals surface area (Å²) in [5.74, 6) is -0.0905. The van der Waals surface area contributed by atoms with Crippen LogP contribution in [0.15, 0.2) is 24.3 Å². The molecule has 0 radical (unpaired) electrons. The van der Waals surface area contributed by atoms with E-state index >= 15 is 0 Å². The molecule has 1 saturated heterocycles. The standard InChI is InChI=1S/C21H31FN2O2/c1-17(24-11-13-26-14-12-24)7-8-20(25)23-16-21(9-2-3-10-21)18-5-4-6-19(22)15-18/h4-6,15,17H,2-3,7-14,16H2,1H3,(H,23,25)/t17-/m0/s1. The molecule has 3 rings (SSSR count). The summed E-state index contributed by atoms with van der Waals surface area (Å²) >= 11 is 0. The monoisotopic (exact) mass is 362 g/mol. The molecule has 1 saturated carbocycles. The molecule has 0 unspecified atom stereocenters. The second-order valence-corrected chi connectivity index (χ2v) is 7.81. The van der Waals surface area contributed by atoms with E-state index < -0.39 is 0 Å². The van der Waals surface area contributed by atoms with Crippen LogP contribution in [0.1, 0.15) is 51.0 Å². The SMILES string of the molecule is C[C@@H](CCC(=O)NCC1(c2cccc(F)c2)CCCC1)N1CCOCC1. The van der Waals surface area contributed by atoms with E-state index in [9.17, 15) is 9.18 Å². The lowest BCUT2D eigenvalue weighted by Gasteiger charge is -2.32. The number of hydrogen-bond acceptors (Lipinski definition) is 3. The van der Waals surface area contributed by atoms with Crippen molar-refractivity contribution in [2.24, 2.45) is 0 Å². The number of hydrogen-bond donors (Lipinski definition) is 1. The van der Waals surface area contributed by atoms with E-state index in [1.807, 2.05) is 6.07 Å². The lowest BCUT2D eigenvalue weighted by atomic mass is 9.78. The van der Waals surface area contributed by atoms with Crippen molar-refractivity contribution in [3.8, 4) is 0 Å². The van der Waals surface area contributed by atoms with E-state index in [1.54, 1.807) is 12.1 Å². The van der Waals surface area contributed by atoms with Crippen molar-refractivity contribution in [1.29, 1.82) is 0 Å². The van der Waals surface area contributed by atoms with Crippen LogP contribution in [-0.2, 0) is 14.9 Å². The molecule has 2 aliphatic rings. The fraction of sp³-hybridized carbons (Fsp3) is 0.667. The summed E-state index contributed by atoms with van der Waals surface area (Å²) in [5.41, 5.74) is 0.921. The lowest BCUT2D eigenvalue weighted by molar-refractivity contribution is -0.121. The van der Waals surface area contributed by atoms with Gasteiger partial charge in [0.05, 0.1) is 13.2 Å². The van der Waals surface area contributed by atoms with E-state index in [2.05, 4.69) is 17.1 Å². The summed E-state index contributed by atoms with van der Waals surface area (Å²) in [6, 6.07) is 7.29. The van der Waals surface area contributed by atoms with Crippen LogP contribution in [0.4, 0.5) is 4.39 Å². The second-order valence-electron chi connectivity index (χ2n) is 7.81. The Bertz CT molecular complexity index is 595. The minimum absolute atomic E-state index is 0.104. The van der Waals surface area contributed by atoms with Gasteiger partial charge in [-0.25, -0.2) is 4.39 Å². The maximum atomic E-state index is 13.7. The van der Waals surface area contributed by atoms with Crippen LogP contribution >= 0.6 is 0 Å². The van der Waals surface area contributed by atoms with Crippen molar-refractivity contribution in [1.82, 2.24) is 10.2 Å². The molecule has 0 aromatic heterocycles. The van der Waals surface area contributed by atoms with E-state index in [0.29, 0.717) is 19.0 Å². The number of rotatable bonds is 7. The fourth-order valence-electron chi connectivity index (χ4n) is 4.33. The first kappa shape index (κ1) is 19.3. The Hall–Kier alpha value is -1.46. The smallest absolute Gasteiger partial charge is 0.220 e. The van der Waals surface area contributed by atoms with Crippen molar-refractivity contribution in [2.45, 2.75) is 56.9 Å². The summed E-state index contributed by atoms with van der Waals surface area (Å²) in [5, 5.41) is 3.14. The van der Waals surface area contributed by atoms with Gasteiger partial charge in [-0.2, -0.15) is 0 Å². The molecule has 1 atom stereocenters. The van der Waals surface area contributed by atoms with Crippen LogP contribution in [-0.4, -0.2) is 49.7 Å². The third-order valence-corrected chi connectivity index (χ3v) is 6.08. The van der Waals surface area contributed by atoms with Gasteiger partial charge in [-0.05, 0) is 43.9 Å². The second kappa shape index (κ2) is 8.96. The molecule has 0 bridgehead atoms. The molecule has 144 valence electrons. The minimum Gasteiger partial charge on any atom is -0.379 e. The predicted octanol–water partition coefficient (Wildman–Crippen LogP) is 3.25. The van der Waals surface area contributed by atoms with Crippen molar-refractivity contribution in [2.75, 3.05) is 32.8 Å². The van der Waals surface area contributed by atoms with Gasteiger partial charge in [-0.15, -0.1) is 0 Å². The highest BCUT2D eigenvalue weighted by molar-refractivity contribution is 5.76. The molecular weight excluding hydrogens is 331 g/mol. The molecule has 26 heavy (non-hydrogen) atoms. The van der Waals surface area contributed by atoms with Crippen molar-refractivity contribution < 1.29 is 13.9 Å². The molecule has 1 aromatic rings. The zero-order chi connectivity index (χ0) is 18.4. The summed E-state index contributed by atoms with van der Waals surface area (Å²) in [7, 11) is 0. The van der Waals surface area contributed by atoms with Crippen molar-refractivity contribution in [3.05, 3.63) is 35.6 Å². The Morgan fingerprint density at radius 1 is 1.31 bits per heavy atom. The normalized spacial score (nSPS) is 21.5. The molecule has 5 heteroatoms. The maximum absolute atomic E-state index is 13.7. The average molecular weight is 362 g/mol. The number of nitrogens with zero attached hydrogens (tertiary/aromatic N) is 1. The van der Waals surface area contributed by atoms with Crippen molar-refractivity contribution >= 4 is 5.91 Å². The maximum Gasteiger partial charge on any atom is 0.220 e. The lowest BCUT2D eigenvalue weighted by Crippen LogP contribution is -2.43. The topological polar surface area (TPSA) is 41.6 Å². The zero-order valence-corrected chi connectivity index (χ0v) is 15.8. The van der Waals surface area contributed by atoms with Gasteiger partial charge in [0, 0.05) is 37.5 Å². The number of amides is 1. The summed E-state index contributed by atoms with van der Waals surface area (Å²) in [6.07, 6.45) is 5.71. The highest BCUT2D eigenvalue weighted by atomic mass is 19.1. The Labute approximate surface area is 156 Å². The Morgan fingerprint density at radius 2 is 2.04 bits per heavy atom. The molecular formula is C21H31FN2O2. The van der Waals surface area contributed by atoms with Gasteiger partial charge >= 0.3 is 0 Å². The predicted molar refractivity (Wildman–Crippen MR) is 101 cm³/mol. The van der Waals surface area contributed by atoms with Gasteiger partial charge in [0.1, 0.15) is 5.82 Å². The summed E-state index contributed by atoms with van der Waals surface area (Å²) in [6.45, 7) is 6.27. The van der Waals surface area contributed by atoms with Gasteiger partial charge in [-0.3, -0.25) is 9.69 Å². The van der Waals surface area contributed by atoms with Gasteiger partial charge < -0.3 is 10.1 Å². The van der Waals surface area contributed by atoms with Crippen LogP contribution in [0.3, 0.4) is 0 Å². The van der Waals surface area contributed by atoms with E-state index in [1.165, 1.54) is 6.07 Å². The number of carbonyl (C=O) groups is 1. The highest BCUT2D eigenvalue weighted by Gasteiger charge is 2.36. The van der Waals surface area contributed by atoms with E-state index in [-0.39, 0.29) is 17.1 Å². The van der Waals surface area contributed by atoms with Crippen molar-refractivity contribution in [3.63, 3.8) is 0 Å². The quantitative estimate of drug-likeness (QED) is 0.810. The van der Waals surface area contributed by atoms with Gasteiger partial charge in [-0.1, -0.05) is 25.0 Å². The van der Waals surface area contributed by atoms with Crippen LogP contribution in [0.25, 0.3) is 0 Å². The summed E-state index contributed by atoms with van der Waals surface area (Å²) < 4.78 is 19.1. The molecule has 1 amide bonds. The molecule has 1 heterocycles. The third kappa shape index (κ3) is 4.83. The number of carbonyl (C=O) groups excluding carboxylic acids is 1. The third-order valence-electron chi connectivity index (χ3n) is 6.08. The molecule has 2 fully saturated rings. The average Bonchev–Trinajstić information content (AvgIpc) is 3.15. The van der Waals surface area contributed by atoms with Crippen LogP contribution in [0.2, 0.25) is 0 Å². The Balaban J connectivity index is 1.50. The number of benzene rings is 1. The first-order valence-electron chi connectivity index (χ1n) is 9.94. The molecule has 1 N–H and O–H groups in total. The van der Waals surface area contributed by atoms with Crippen LogP contribution < -0.4 is 5.32 Å². The molecule has 4 nitrogen and oxygen atoms in total. The molecule has 1 aliphatic heterocycles. The molecule has 1 aromatic carbocycles. The minimum atomic E-state index is -0.195. The van der Waals surface area contributed by atoms with Crippen LogP contribution in [0.5, 0.6) is 0 Å². The first-order chi connectivity index (χ1) is 12.6. The largest absolute Gasteiger partial charge is 0.379 e. The van der Waals surface area contributed by atoms with Gasteiger partial charge in [0.2, 0.25) is 5.91 Å². The number of halogens is 1. The van der Waals surface area contributed by atoms with Gasteiger partial charge in [0.15, 0.2) is 0 Å². The first-order valence-corrected chi connectivity index (χ1v) is 9.94. The number of morpholine rings is 1. The zero-order valence-electron chi connectivity index (χ0n) is 15.8. The molecule has 0 spiro atoms. The van der Waals surface area contributed by atoms with Gasteiger partial charge in [0.25, 0.3) is 0 Å².